The van der Waals surface area contributed by atoms with Crippen molar-refractivity contribution in [2.45, 2.75) is 11.8 Å². The Bertz CT molecular complexity index is 728. The van der Waals surface area contributed by atoms with Gasteiger partial charge >= 0.3 is 0 Å². The molecule has 0 amide bonds. The number of nitro groups is 1. The van der Waals surface area contributed by atoms with Crippen molar-refractivity contribution in [3.63, 3.8) is 0 Å². The Morgan fingerprint density at radius 3 is 2.10 bits per heavy atom. The van der Waals surface area contributed by atoms with Crippen molar-refractivity contribution < 1.29 is 17.9 Å². The Hall–Kier alpha value is -1.52. The van der Waals surface area contributed by atoms with Gasteiger partial charge < -0.3 is 0 Å². The Balaban J connectivity index is 0.000000211. The maximum absolute atomic E-state index is 10.5. The highest BCUT2D eigenvalue weighted by atomic mass is 127. The lowest BCUT2D eigenvalue weighted by atomic mass is 10.2. The molecule has 2 aromatic carbocycles. The van der Waals surface area contributed by atoms with Crippen molar-refractivity contribution in [3.8, 4) is 0 Å². The van der Waals surface area contributed by atoms with E-state index in [9.17, 15) is 18.5 Å². The van der Waals surface area contributed by atoms with Crippen LogP contribution in [0.5, 0.6) is 0 Å². The molecule has 112 valence electrons. The highest BCUT2D eigenvalue weighted by Crippen LogP contribution is 2.13. The van der Waals surface area contributed by atoms with E-state index in [1.807, 2.05) is 35.6 Å². The largest absolute Gasteiger partial charge is 0.294 e. The van der Waals surface area contributed by atoms with E-state index in [1.165, 1.54) is 24.3 Å². The molecule has 0 unspecified atom stereocenters. The topological polar surface area (TPSA) is 97.5 Å². The normalized spacial score (nSPS) is 10.4. The molecule has 0 fully saturated rings. The average Bonchev–Trinajstić information content (AvgIpc) is 2.39. The summed E-state index contributed by atoms with van der Waals surface area (Å²) in [5.74, 6) is 0. The lowest BCUT2D eigenvalue weighted by Crippen LogP contribution is -1.96. The lowest BCUT2D eigenvalue weighted by Gasteiger charge is -1.95. The van der Waals surface area contributed by atoms with Crippen LogP contribution in [-0.4, -0.2) is 17.9 Å². The summed E-state index contributed by atoms with van der Waals surface area (Å²) in [6, 6.07) is 12.5. The summed E-state index contributed by atoms with van der Waals surface area (Å²) in [6.07, 6.45) is 0. The molecule has 0 atom stereocenters. The van der Waals surface area contributed by atoms with Gasteiger partial charge in [-0.3, -0.25) is 14.7 Å². The third-order valence-corrected chi connectivity index (χ3v) is 3.88. The molecule has 0 bridgehead atoms. The van der Waals surface area contributed by atoms with Gasteiger partial charge in [0.1, 0.15) is 0 Å². The molecule has 6 nitrogen and oxygen atoms in total. The zero-order valence-corrected chi connectivity index (χ0v) is 13.9. The van der Waals surface area contributed by atoms with Crippen molar-refractivity contribution in [1.29, 1.82) is 0 Å². The highest BCUT2D eigenvalue weighted by Gasteiger charge is 2.06. The summed E-state index contributed by atoms with van der Waals surface area (Å²) in [5.41, 5.74) is 1.10. The van der Waals surface area contributed by atoms with Gasteiger partial charge in [0.2, 0.25) is 0 Å². The molecule has 1 N–H and O–H groups in total. The first-order valence-electron chi connectivity index (χ1n) is 5.64. The smallest absolute Gasteiger partial charge is 0.282 e. The van der Waals surface area contributed by atoms with Gasteiger partial charge in [-0.05, 0) is 47.7 Å². The molecule has 0 aromatic heterocycles. The molecule has 2 aromatic rings. The molecule has 0 saturated heterocycles. The monoisotopic (exact) mass is 421 g/mol. The molecule has 0 aliphatic carbocycles. The summed E-state index contributed by atoms with van der Waals surface area (Å²) < 4.78 is 30.4. The van der Waals surface area contributed by atoms with Crippen molar-refractivity contribution in [2.24, 2.45) is 0 Å². The first-order valence-corrected chi connectivity index (χ1v) is 8.16. The van der Waals surface area contributed by atoms with Gasteiger partial charge in [-0.15, -0.1) is 0 Å². The number of nitro benzene ring substituents is 1. The van der Waals surface area contributed by atoms with Gasteiger partial charge in [0, 0.05) is 15.7 Å². The van der Waals surface area contributed by atoms with Crippen molar-refractivity contribution >= 4 is 38.4 Å². The van der Waals surface area contributed by atoms with E-state index in [2.05, 4.69) is 0 Å². The maximum atomic E-state index is 10.5. The second-order valence-corrected chi connectivity index (χ2v) is 6.69. The van der Waals surface area contributed by atoms with Crippen LogP contribution in [0, 0.1) is 20.6 Å². The van der Waals surface area contributed by atoms with Crippen molar-refractivity contribution in [1.82, 2.24) is 0 Å². The van der Waals surface area contributed by atoms with Crippen LogP contribution in [0.2, 0.25) is 0 Å². The Labute approximate surface area is 135 Å². The third kappa shape index (κ3) is 6.19. The first-order chi connectivity index (χ1) is 9.70. The van der Waals surface area contributed by atoms with E-state index in [1.54, 1.807) is 18.2 Å². The number of hydrogen-bond acceptors (Lipinski definition) is 4. The molecule has 0 saturated carbocycles. The zero-order valence-electron chi connectivity index (χ0n) is 10.9. The van der Waals surface area contributed by atoms with Crippen LogP contribution in [-0.2, 0) is 10.1 Å². The molecular formula is C13H12INO5S. The molecule has 0 spiro atoms. The van der Waals surface area contributed by atoms with Crippen LogP contribution in [0.4, 0.5) is 5.69 Å². The van der Waals surface area contributed by atoms with E-state index >= 15 is 0 Å². The Kier molecular flexibility index (Phi) is 6.24. The SMILES string of the molecule is Cc1ccc(S(=O)(=O)O)cc1.O=[N+]([O-])c1cccc(I)c1. The molecule has 0 aliphatic rings. The number of halogens is 1. The fourth-order valence-corrected chi connectivity index (χ4v) is 2.31. The van der Waals surface area contributed by atoms with Crippen LogP contribution in [0.15, 0.2) is 53.4 Å². The second kappa shape index (κ2) is 7.48. The number of rotatable bonds is 2. The summed E-state index contributed by atoms with van der Waals surface area (Å²) in [7, 11) is -4.02. The Morgan fingerprint density at radius 2 is 1.71 bits per heavy atom. The van der Waals surface area contributed by atoms with Crippen LogP contribution >= 0.6 is 22.6 Å². The molecule has 0 aliphatic heterocycles. The van der Waals surface area contributed by atoms with Gasteiger partial charge in [-0.2, -0.15) is 8.42 Å². The minimum Gasteiger partial charge on any atom is -0.282 e. The van der Waals surface area contributed by atoms with E-state index in [0.717, 1.165) is 9.13 Å². The number of aryl methyl sites for hydroxylation is 1. The molecule has 8 heteroatoms. The molecular weight excluding hydrogens is 409 g/mol. The number of non-ortho nitro benzene ring substituents is 1. The summed E-state index contributed by atoms with van der Waals surface area (Å²) in [5, 5.41) is 10.2. The predicted molar refractivity (Wildman–Crippen MR) is 86.8 cm³/mol. The van der Waals surface area contributed by atoms with Crippen LogP contribution in [0.1, 0.15) is 5.56 Å². The van der Waals surface area contributed by atoms with Crippen molar-refractivity contribution in [3.05, 3.63) is 67.8 Å². The minimum absolute atomic E-state index is 0.0666. The molecule has 0 radical (unpaired) electrons. The van der Waals surface area contributed by atoms with E-state index in [0.29, 0.717) is 0 Å². The maximum Gasteiger partial charge on any atom is 0.294 e. The fourth-order valence-electron chi connectivity index (χ4n) is 1.30. The minimum atomic E-state index is -4.02. The quantitative estimate of drug-likeness (QED) is 0.347. The number of hydrogen-bond donors (Lipinski definition) is 1. The van der Waals surface area contributed by atoms with Gasteiger partial charge in [-0.1, -0.05) is 23.8 Å². The Morgan fingerprint density at radius 1 is 1.14 bits per heavy atom. The van der Waals surface area contributed by atoms with Gasteiger partial charge in [0.25, 0.3) is 15.8 Å². The van der Waals surface area contributed by atoms with Crippen LogP contribution < -0.4 is 0 Å². The summed E-state index contributed by atoms with van der Waals surface area (Å²) >= 11 is 2.03. The number of nitrogens with zero attached hydrogens (tertiary/aromatic N) is 1. The molecule has 21 heavy (non-hydrogen) atoms. The van der Waals surface area contributed by atoms with Gasteiger partial charge in [0.15, 0.2) is 0 Å². The standard InChI is InChI=1S/C7H8O3S.C6H4INO2/c1-6-2-4-7(5-3-6)11(8,9)10;7-5-2-1-3-6(4-5)8(9)10/h2-5H,1H3,(H,8,9,10);1-4H. The van der Waals surface area contributed by atoms with Gasteiger partial charge in [0.05, 0.1) is 9.82 Å². The van der Waals surface area contributed by atoms with Crippen LogP contribution in [0.3, 0.4) is 0 Å². The summed E-state index contributed by atoms with van der Waals surface area (Å²) in [4.78, 5) is 9.69. The molecule has 0 heterocycles. The zero-order chi connectivity index (χ0) is 16.0. The predicted octanol–water partition coefficient (Wildman–Crippen LogP) is 3.44. The van der Waals surface area contributed by atoms with E-state index in [4.69, 9.17) is 4.55 Å². The molecule has 2 rings (SSSR count). The summed E-state index contributed by atoms with van der Waals surface area (Å²) in [6.45, 7) is 1.84. The van der Waals surface area contributed by atoms with E-state index < -0.39 is 15.0 Å². The third-order valence-electron chi connectivity index (χ3n) is 2.34. The first kappa shape index (κ1) is 17.5. The second-order valence-electron chi connectivity index (χ2n) is 4.03. The average molecular weight is 421 g/mol. The van der Waals surface area contributed by atoms with E-state index in [-0.39, 0.29) is 10.6 Å². The van der Waals surface area contributed by atoms with Crippen molar-refractivity contribution in [2.75, 3.05) is 0 Å². The lowest BCUT2D eigenvalue weighted by molar-refractivity contribution is -0.384. The number of benzene rings is 2. The fraction of sp³-hybridized carbons (Fsp3) is 0.0769. The van der Waals surface area contributed by atoms with Crippen LogP contribution in [0.25, 0.3) is 0 Å². The highest BCUT2D eigenvalue weighted by molar-refractivity contribution is 14.1. The van der Waals surface area contributed by atoms with Gasteiger partial charge in [-0.25, -0.2) is 0 Å².